The van der Waals surface area contributed by atoms with Crippen LogP contribution in [0.15, 0.2) is 48.5 Å². The Morgan fingerprint density at radius 2 is 0.950 bits per heavy atom. The molecule has 0 saturated carbocycles. The van der Waals surface area contributed by atoms with Gasteiger partial charge in [0.05, 0.1) is 0 Å². The molecule has 0 spiro atoms. The number of fused-ring (bicyclic) bond motifs is 5. The van der Waals surface area contributed by atoms with Crippen molar-refractivity contribution < 1.29 is 0 Å². The number of hydrogen-bond acceptors (Lipinski definition) is 0. The molecule has 0 radical (unpaired) electrons. The molecular formula is C40H18. The Bertz CT molecular complexity index is 2620. The Labute approximate surface area is 229 Å². The normalized spacial score (nSPS) is 29.8. The van der Waals surface area contributed by atoms with Gasteiger partial charge < -0.3 is 0 Å². The smallest absolute Gasteiger partial charge is 0.0187 e. The number of rotatable bonds is 0. The summed E-state index contributed by atoms with van der Waals surface area (Å²) in [6.45, 7) is 0. The fourth-order valence-corrected chi connectivity index (χ4v) is 13.8. The summed E-state index contributed by atoms with van der Waals surface area (Å²) in [4.78, 5) is 0. The van der Waals surface area contributed by atoms with Gasteiger partial charge in [0.15, 0.2) is 0 Å². The van der Waals surface area contributed by atoms with Crippen LogP contribution in [0.25, 0.3) is 77.2 Å². The van der Waals surface area contributed by atoms with Crippen molar-refractivity contribution in [1.29, 1.82) is 0 Å². The summed E-state index contributed by atoms with van der Waals surface area (Å²) in [6.07, 6.45) is 2.63. The summed E-state index contributed by atoms with van der Waals surface area (Å²) in [6, 6.07) is 20.4. The third-order valence-electron chi connectivity index (χ3n) is 14.3. The van der Waals surface area contributed by atoms with Crippen LogP contribution in [0.2, 0.25) is 0 Å². The highest BCUT2D eigenvalue weighted by Crippen LogP contribution is 2.82. The minimum atomic E-state index is 0.541. The standard InChI is InChI=1S/C40H18/c1-2-12-14-5-6-16-18-9-10-20-19-8-7-17-15-4-3-13-11(1)21-22(12)32-24(14)26(16)34-29(18)30(20)35-28(19)27(17)33-25(15)23(13)31(21)36-37(32)39(34)40(35)38(33)36/h1-8,18,20,31-32,36-37H,9-10H2. The van der Waals surface area contributed by atoms with Crippen LogP contribution in [0.3, 0.4) is 0 Å². The van der Waals surface area contributed by atoms with E-state index in [1.54, 1.807) is 116 Å². The monoisotopic (exact) mass is 498 g/mol. The second-order valence-corrected chi connectivity index (χ2v) is 14.7. The lowest BCUT2D eigenvalue weighted by atomic mass is 9.57. The van der Waals surface area contributed by atoms with Crippen LogP contribution in [0.4, 0.5) is 0 Å². The minimum absolute atomic E-state index is 0.541. The lowest BCUT2D eigenvalue weighted by Gasteiger charge is -2.44. The van der Waals surface area contributed by atoms with Gasteiger partial charge >= 0.3 is 0 Å². The molecule has 6 unspecified atom stereocenters. The molecule has 0 fully saturated rings. The first kappa shape index (κ1) is 16.8. The average molecular weight is 499 g/mol. The fourth-order valence-electron chi connectivity index (χ4n) is 13.8. The summed E-state index contributed by atoms with van der Waals surface area (Å²) >= 11 is 0. The van der Waals surface area contributed by atoms with Gasteiger partial charge in [-0.2, -0.15) is 0 Å². The predicted molar refractivity (Wildman–Crippen MR) is 158 cm³/mol. The Hall–Kier alpha value is -4.16. The van der Waals surface area contributed by atoms with E-state index in [9.17, 15) is 0 Å². The van der Waals surface area contributed by atoms with Crippen molar-refractivity contribution in [3.05, 3.63) is 104 Å². The molecular weight excluding hydrogens is 480 g/mol. The summed E-state index contributed by atoms with van der Waals surface area (Å²) in [5.74, 6) is 3.54. The van der Waals surface area contributed by atoms with Crippen LogP contribution in [0.1, 0.15) is 104 Å². The summed E-state index contributed by atoms with van der Waals surface area (Å²) in [7, 11) is 0. The topological polar surface area (TPSA) is 0 Å². The van der Waals surface area contributed by atoms with Gasteiger partial charge in [0.2, 0.25) is 0 Å². The predicted octanol–water partition coefficient (Wildman–Crippen LogP) is 9.74. The SMILES string of the molecule is c1cc2c3c4c1-c1ccc5c6c1c-4c1c4c7c8c9c(c46)C5CCC9c4ccc5c(c4-8)C4c6c-5ccc-2c6C3C1C74. The lowest BCUT2D eigenvalue weighted by Crippen LogP contribution is -2.30. The Morgan fingerprint density at radius 3 is 1.75 bits per heavy atom. The first-order valence-corrected chi connectivity index (χ1v) is 15.6. The largest absolute Gasteiger partial charge is 0.0572 e. The zero-order valence-electron chi connectivity index (χ0n) is 21.5. The molecule has 6 aromatic rings. The van der Waals surface area contributed by atoms with Crippen LogP contribution in [0.5, 0.6) is 0 Å². The van der Waals surface area contributed by atoms with Crippen LogP contribution >= 0.6 is 0 Å². The first-order chi connectivity index (χ1) is 19.9. The molecule has 16 rings (SSSR count). The third kappa shape index (κ3) is 1.12. The Balaban J connectivity index is 1.35. The van der Waals surface area contributed by atoms with Gasteiger partial charge in [0, 0.05) is 35.5 Å². The molecule has 10 aliphatic rings. The lowest BCUT2D eigenvalue weighted by molar-refractivity contribution is 0.442. The van der Waals surface area contributed by atoms with Gasteiger partial charge in [-0.3, -0.25) is 0 Å². The van der Waals surface area contributed by atoms with Crippen molar-refractivity contribution in [3.63, 3.8) is 0 Å². The highest BCUT2D eigenvalue weighted by molar-refractivity contribution is 6.32. The van der Waals surface area contributed by atoms with Crippen LogP contribution in [-0.4, -0.2) is 0 Å². The van der Waals surface area contributed by atoms with Crippen LogP contribution in [-0.2, 0) is 0 Å². The van der Waals surface area contributed by atoms with Gasteiger partial charge in [0.1, 0.15) is 0 Å². The van der Waals surface area contributed by atoms with Gasteiger partial charge in [-0.15, -0.1) is 0 Å². The molecule has 0 saturated heterocycles. The van der Waals surface area contributed by atoms with E-state index >= 15 is 0 Å². The molecule has 0 heteroatoms. The molecule has 40 heavy (non-hydrogen) atoms. The molecule has 0 bridgehead atoms. The second-order valence-electron chi connectivity index (χ2n) is 14.7. The highest BCUT2D eigenvalue weighted by atomic mass is 14.7. The minimum Gasteiger partial charge on any atom is -0.0572 e. The molecule has 178 valence electrons. The first-order valence-electron chi connectivity index (χ1n) is 15.6. The van der Waals surface area contributed by atoms with E-state index in [2.05, 4.69) is 48.5 Å². The molecule has 0 aromatic heterocycles. The van der Waals surface area contributed by atoms with Crippen molar-refractivity contribution in [2.45, 2.75) is 48.3 Å². The van der Waals surface area contributed by atoms with Crippen molar-refractivity contribution in [2.75, 3.05) is 0 Å². The molecule has 0 N–H and O–H groups in total. The van der Waals surface area contributed by atoms with Crippen molar-refractivity contribution in [1.82, 2.24) is 0 Å². The molecule has 6 atom stereocenters. The summed E-state index contributed by atoms with van der Waals surface area (Å²) in [5.41, 5.74) is 33.7. The maximum Gasteiger partial charge on any atom is 0.0187 e. The van der Waals surface area contributed by atoms with Gasteiger partial charge in [-0.1, -0.05) is 48.5 Å². The molecule has 0 heterocycles. The van der Waals surface area contributed by atoms with Crippen molar-refractivity contribution >= 4 is 21.5 Å². The average Bonchev–Trinajstić information content (AvgIpc) is 3.79. The van der Waals surface area contributed by atoms with E-state index in [1.807, 2.05) is 5.56 Å². The Morgan fingerprint density at radius 1 is 0.350 bits per heavy atom. The van der Waals surface area contributed by atoms with E-state index in [4.69, 9.17) is 0 Å². The molecule has 10 aliphatic carbocycles. The zero-order chi connectivity index (χ0) is 24.4. The van der Waals surface area contributed by atoms with E-state index in [0.717, 1.165) is 0 Å². The van der Waals surface area contributed by atoms with Crippen molar-refractivity contribution in [2.24, 2.45) is 0 Å². The van der Waals surface area contributed by atoms with Crippen LogP contribution < -0.4 is 0 Å². The quantitative estimate of drug-likeness (QED) is 0.183. The molecule has 0 nitrogen and oxygen atoms in total. The van der Waals surface area contributed by atoms with Gasteiger partial charge in [-0.05, 0) is 146 Å². The zero-order valence-corrected chi connectivity index (χ0v) is 21.5. The Kier molecular flexibility index (Phi) is 1.83. The van der Waals surface area contributed by atoms with E-state index in [1.165, 1.54) is 24.0 Å². The molecule has 0 amide bonds. The summed E-state index contributed by atoms with van der Waals surface area (Å²) in [5, 5.41) is 6.82. The second kappa shape index (κ2) is 4.34. The van der Waals surface area contributed by atoms with Crippen LogP contribution in [0, 0.1) is 0 Å². The number of hydrogen-bond donors (Lipinski definition) is 0. The number of benzene rings is 6. The summed E-state index contributed by atoms with van der Waals surface area (Å²) < 4.78 is 0. The van der Waals surface area contributed by atoms with E-state index in [-0.39, 0.29) is 0 Å². The fraction of sp³-hybridized carbons (Fsp3) is 0.200. The highest BCUT2D eigenvalue weighted by Gasteiger charge is 2.64. The van der Waals surface area contributed by atoms with E-state index < -0.39 is 0 Å². The van der Waals surface area contributed by atoms with Crippen molar-refractivity contribution in [3.8, 4) is 55.6 Å². The van der Waals surface area contributed by atoms with Gasteiger partial charge in [0.25, 0.3) is 0 Å². The third-order valence-corrected chi connectivity index (χ3v) is 14.3. The van der Waals surface area contributed by atoms with Gasteiger partial charge in [-0.25, -0.2) is 0 Å². The maximum absolute atomic E-state index is 2.58. The molecule has 0 aliphatic heterocycles. The van der Waals surface area contributed by atoms with E-state index in [0.29, 0.717) is 35.5 Å². The maximum atomic E-state index is 2.58. The molecule has 6 aromatic carbocycles.